The summed E-state index contributed by atoms with van der Waals surface area (Å²) in [6.07, 6.45) is 0.521. The van der Waals surface area contributed by atoms with Crippen LogP contribution in [0.5, 0.6) is 5.75 Å². The number of halogens is 1. The second-order valence-electron chi connectivity index (χ2n) is 4.16. The number of carbonyl (C=O) groups excluding carboxylic acids is 1. The highest BCUT2D eigenvalue weighted by molar-refractivity contribution is 6.32. The van der Waals surface area contributed by atoms with Crippen LogP contribution in [0.1, 0.15) is 5.56 Å². The van der Waals surface area contributed by atoms with Gasteiger partial charge in [-0.15, -0.1) is 0 Å². The number of phenolic OH excluding ortho intramolecular Hbond substituents is 1. The molecule has 1 atom stereocenters. The molecule has 0 aliphatic carbocycles. The highest BCUT2D eigenvalue weighted by atomic mass is 35.5. The SMILES string of the molecule is CN(C)C(=O)C(CN)Cc1ccc(O)c(Cl)c1. The number of aromatic hydroxyl groups is 1. The number of nitrogens with zero attached hydrogens (tertiary/aromatic N) is 1. The number of benzene rings is 1. The number of hydrogen-bond donors (Lipinski definition) is 2. The molecule has 0 radical (unpaired) electrons. The van der Waals surface area contributed by atoms with Crippen molar-refractivity contribution >= 4 is 17.5 Å². The minimum Gasteiger partial charge on any atom is -0.506 e. The van der Waals surface area contributed by atoms with E-state index in [4.69, 9.17) is 17.3 Å². The van der Waals surface area contributed by atoms with Crippen molar-refractivity contribution in [3.63, 3.8) is 0 Å². The Bertz CT molecular complexity index is 407. The lowest BCUT2D eigenvalue weighted by Crippen LogP contribution is -2.35. The first-order valence-corrected chi connectivity index (χ1v) is 5.72. The Morgan fingerprint density at radius 3 is 2.65 bits per heavy atom. The Kier molecular flexibility index (Phi) is 4.78. The van der Waals surface area contributed by atoms with Gasteiger partial charge in [-0.2, -0.15) is 0 Å². The van der Waals surface area contributed by atoms with Crippen LogP contribution in [-0.4, -0.2) is 36.6 Å². The van der Waals surface area contributed by atoms with Gasteiger partial charge in [-0.05, 0) is 24.1 Å². The maximum absolute atomic E-state index is 11.8. The first-order valence-electron chi connectivity index (χ1n) is 5.34. The van der Waals surface area contributed by atoms with Crippen molar-refractivity contribution in [3.05, 3.63) is 28.8 Å². The molecule has 0 saturated heterocycles. The van der Waals surface area contributed by atoms with Gasteiger partial charge in [0.15, 0.2) is 0 Å². The zero-order valence-electron chi connectivity index (χ0n) is 9.98. The van der Waals surface area contributed by atoms with Crippen molar-refractivity contribution in [1.29, 1.82) is 0 Å². The van der Waals surface area contributed by atoms with E-state index in [2.05, 4.69) is 0 Å². The fourth-order valence-electron chi connectivity index (χ4n) is 1.60. The molecule has 0 fully saturated rings. The summed E-state index contributed by atoms with van der Waals surface area (Å²) in [4.78, 5) is 13.3. The molecule has 94 valence electrons. The molecule has 0 saturated carbocycles. The van der Waals surface area contributed by atoms with Gasteiger partial charge >= 0.3 is 0 Å². The third-order valence-corrected chi connectivity index (χ3v) is 2.87. The van der Waals surface area contributed by atoms with Crippen LogP contribution in [0, 0.1) is 5.92 Å². The van der Waals surface area contributed by atoms with Crippen LogP contribution in [-0.2, 0) is 11.2 Å². The van der Waals surface area contributed by atoms with E-state index in [0.717, 1.165) is 5.56 Å². The minimum absolute atomic E-state index is 0.00306. The molecular weight excluding hydrogens is 240 g/mol. The monoisotopic (exact) mass is 256 g/mol. The van der Waals surface area contributed by atoms with Gasteiger partial charge in [0.25, 0.3) is 0 Å². The van der Waals surface area contributed by atoms with Gasteiger partial charge in [0.05, 0.1) is 10.9 Å². The lowest BCUT2D eigenvalue weighted by atomic mass is 9.98. The van der Waals surface area contributed by atoms with Gasteiger partial charge in [-0.1, -0.05) is 17.7 Å². The number of phenols is 1. The van der Waals surface area contributed by atoms with E-state index >= 15 is 0 Å². The summed E-state index contributed by atoms with van der Waals surface area (Å²) >= 11 is 5.81. The Hall–Kier alpha value is -1.26. The molecule has 0 aliphatic rings. The molecule has 17 heavy (non-hydrogen) atoms. The molecular formula is C12H17ClN2O2. The molecule has 0 aliphatic heterocycles. The Morgan fingerprint density at radius 2 is 2.18 bits per heavy atom. The van der Waals surface area contributed by atoms with Crippen molar-refractivity contribution in [2.45, 2.75) is 6.42 Å². The topological polar surface area (TPSA) is 66.6 Å². The van der Waals surface area contributed by atoms with E-state index in [9.17, 15) is 9.90 Å². The van der Waals surface area contributed by atoms with E-state index in [-0.39, 0.29) is 29.1 Å². The maximum Gasteiger partial charge on any atom is 0.226 e. The van der Waals surface area contributed by atoms with Crippen LogP contribution in [0.25, 0.3) is 0 Å². The van der Waals surface area contributed by atoms with E-state index < -0.39 is 0 Å². The molecule has 1 aromatic rings. The van der Waals surface area contributed by atoms with E-state index in [1.165, 1.54) is 11.0 Å². The molecule has 1 aromatic carbocycles. The van der Waals surface area contributed by atoms with E-state index in [0.29, 0.717) is 6.42 Å². The van der Waals surface area contributed by atoms with Gasteiger partial charge in [0.2, 0.25) is 5.91 Å². The van der Waals surface area contributed by atoms with Crippen molar-refractivity contribution in [1.82, 2.24) is 4.90 Å². The third-order valence-electron chi connectivity index (χ3n) is 2.57. The second-order valence-corrected chi connectivity index (χ2v) is 4.56. The van der Waals surface area contributed by atoms with Crippen molar-refractivity contribution in [2.75, 3.05) is 20.6 Å². The number of carbonyl (C=O) groups is 1. The van der Waals surface area contributed by atoms with E-state index in [1.807, 2.05) is 0 Å². The van der Waals surface area contributed by atoms with Crippen molar-refractivity contribution < 1.29 is 9.90 Å². The molecule has 3 N–H and O–H groups in total. The van der Waals surface area contributed by atoms with Crippen LogP contribution in [0.3, 0.4) is 0 Å². The molecule has 0 bridgehead atoms. The van der Waals surface area contributed by atoms with Crippen LogP contribution in [0.2, 0.25) is 5.02 Å². The highest BCUT2D eigenvalue weighted by Gasteiger charge is 2.19. The third kappa shape index (κ3) is 3.61. The average Bonchev–Trinajstić information content (AvgIpc) is 2.29. The lowest BCUT2D eigenvalue weighted by Gasteiger charge is -2.19. The number of rotatable bonds is 4. The molecule has 5 heteroatoms. The molecule has 0 heterocycles. The number of nitrogens with two attached hydrogens (primary N) is 1. The standard InChI is InChI=1S/C12H17ClN2O2/c1-15(2)12(17)9(7-14)5-8-3-4-11(16)10(13)6-8/h3-4,6,9,16H,5,7,14H2,1-2H3. The van der Waals surface area contributed by atoms with E-state index in [1.54, 1.807) is 26.2 Å². The predicted octanol–water partition coefficient (Wildman–Crippen LogP) is 1.25. The fraction of sp³-hybridized carbons (Fsp3) is 0.417. The first-order chi connectivity index (χ1) is 7.95. The molecule has 1 unspecified atom stereocenters. The Labute approximate surface area is 106 Å². The van der Waals surface area contributed by atoms with Crippen LogP contribution in [0.15, 0.2) is 18.2 Å². The summed E-state index contributed by atoms with van der Waals surface area (Å²) in [6.45, 7) is 0.287. The normalized spacial score (nSPS) is 12.2. The molecule has 1 amide bonds. The largest absolute Gasteiger partial charge is 0.506 e. The van der Waals surface area contributed by atoms with Gasteiger partial charge in [0.1, 0.15) is 5.75 Å². The summed E-state index contributed by atoms with van der Waals surface area (Å²) in [5.41, 5.74) is 6.48. The minimum atomic E-state index is -0.259. The van der Waals surface area contributed by atoms with Gasteiger partial charge < -0.3 is 15.7 Å². The molecule has 0 aromatic heterocycles. The second kappa shape index (κ2) is 5.89. The van der Waals surface area contributed by atoms with Crippen molar-refractivity contribution in [2.24, 2.45) is 11.7 Å². The van der Waals surface area contributed by atoms with Gasteiger partial charge in [0, 0.05) is 20.6 Å². The predicted molar refractivity (Wildman–Crippen MR) is 68.1 cm³/mol. The summed E-state index contributed by atoms with van der Waals surface area (Å²) in [5.74, 6) is -0.221. The van der Waals surface area contributed by atoms with Crippen molar-refractivity contribution in [3.8, 4) is 5.75 Å². The summed E-state index contributed by atoms with van der Waals surface area (Å²) in [5, 5.41) is 9.59. The Morgan fingerprint density at radius 1 is 1.53 bits per heavy atom. The average molecular weight is 257 g/mol. The fourth-order valence-corrected chi connectivity index (χ4v) is 1.80. The van der Waals surface area contributed by atoms with Crippen LogP contribution < -0.4 is 5.73 Å². The lowest BCUT2D eigenvalue weighted by molar-refractivity contribution is -0.132. The zero-order valence-corrected chi connectivity index (χ0v) is 10.7. The molecule has 1 rings (SSSR count). The number of amides is 1. The quantitative estimate of drug-likeness (QED) is 0.852. The maximum atomic E-state index is 11.8. The van der Waals surface area contributed by atoms with Crippen LogP contribution in [0.4, 0.5) is 0 Å². The molecule has 0 spiro atoms. The summed E-state index contributed by atoms with van der Waals surface area (Å²) < 4.78 is 0. The Balaban J connectivity index is 2.80. The first kappa shape index (κ1) is 13.8. The van der Waals surface area contributed by atoms with Gasteiger partial charge in [-0.3, -0.25) is 4.79 Å². The zero-order chi connectivity index (χ0) is 13.0. The smallest absolute Gasteiger partial charge is 0.226 e. The summed E-state index contributed by atoms with van der Waals surface area (Å²) in [7, 11) is 3.41. The number of hydrogen-bond acceptors (Lipinski definition) is 3. The van der Waals surface area contributed by atoms with Crippen LogP contribution >= 0.6 is 11.6 Å². The summed E-state index contributed by atoms with van der Waals surface area (Å²) in [6, 6.07) is 4.92. The molecule has 4 nitrogen and oxygen atoms in total. The highest BCUT2D eigenvalue weighted by Crippen LogP contribution is 2.24. The van der Waals surface area contributed by atoms with Gasteiger partial charge in [-0.25, -0.2) is 0 Å².